The minimum Gasteiger partial charge on any atom is -0.356 e. The molecule has 6 heteroatoms. The normalized spacial score (nSPS) is 17.0. The number of rotatable bonds is 3. The average molecular weight is 372 g/mol. The van der Waals surface area contributed by atoms with Gasteiger partial charge < -0.3 is 4.90 Å². The standard InChI is InChI=1S/C22H24N6/c1-15-7-11-24-20(25-15)16-8-12-28(13-9-16)22-18-5-2-6-19(18)26-21(27-22)17-4-3-10-23-14-17/h3-4,7,10-11,14,16H,2,5-6,8-9,12-13H2,1H3. The van der Waals surface area contributed by atoms with Crippen molar-refractivity contribution in [2.24, 2.45) is 0 Å². The van der Waals surface area contributed by atoms with Crippen molar-refractivity contribution in [3.63, 3.8) is 0 Å². The topological polar surface area (TPSA) is 67.7 Å². The van der Waals surface area contributed by atoms with Crippen LogP contribution in [-0.2, 0) is 12.8 Å². The molecule has 1 aliphatic heterocycles. The summed E-state index contributed by atoms with van der Waals surface area (Å²) in [5.74, 6) is 3.35. The Morgan fingerprint density at radius 2 is 1.89 bits per heavy atom. The monoisotopic (exact) mass is 372 g/mol. The van der Waals surface area contributed by atoms with E-state index in [1.54, 1.807) is 6.20 Å². The van der Waals surface area contributed by atoms with Gasteiger partial charge in [0.05, 0.1) is 0 Å². The fourth-order valence-corrected chi connectivity index (χ4v) is 4.31. The molecule has 0 saturated carbocycles. The van der Waals surface area contributed by atoms with Crippen molar-refractivity contribution in [2.75, 3.05) is 18.0 Å². The first-order valence-electron chi connectivity index (χ1n) is 10.1. The van der Waals surface area contributed by atoms with Gasteiger partial charge in [0.25, 0.3) is 0 Å². The van der Waals surface area contributed by atoms with Crippen molar-refractivity contribution >= 4 is 5.82 Å². The fourth-order valence-electron chi connectivity index (χ4n) is 4.31. The number of piperidine rings is 1. The second kappa shape index (κ2) is 7.26. The van der Waals surface area contributed by atoms with Gasteiger partial charge in [0, 0.05) is 60.1 Å². The summed E-state index contributed by atoms with van der Waals surface area (Å²) in [5, 5.41) is 0. The number of fused-ring (bicyclic) bond motifs is 1. The molecule has 0 aromatic carbocycles. The van der Waals surface area contributed by atoms with Gasteiger partial charge in [-0.2, -0.15) is 0 Å². The van der Waals surface area contributed by atoms with Crippen LogP contribution in [0.3, 0.4) is 0 Å². The van der Waals surface area contributed by atoms with Crippen LogP contribution in [0.2, 0.25) is 0 Å². The SMILES string of the molecule is Cc1ccnc(C2CCN(c3nc(-c4cccnc4)nc4c3CCC4)CC2)n1. The molecule has 0 unspecified atom stereocenters. The maximum absolute atomic E-state index is 4.99. The third-order valence-corrected chi connectivity index (χ3v) is 5.80. The maximum Gasteiger partial charge on any atom is 0.163 e. The second-order valence-corrected chi connectivity index (χ2v) is 7.71. The number of pyridine rings is 1. The van der Waals surface area contributed by atoms with Crippen LogP contribution in [-0.4, -0.2) is 38.0 Å². The van der Waals surface area contributed by atoms with Crippen molar-refractivity contribution in [2.45, 2.75) is 44.9 Å². The number of aromatic nitrogens is 5. The summed E-state index contributed by atoms with van der Waals surface area (Å²) in [7, 11) is 0. The molecule has 0 atom stereocenters. The fraction of sp³-hybridized carbons (Fsp3) is 0.409. The summed E-state index contributed by atoms with van der Waals surface area (Å²) in [6, 6.07) is 5.94. The number of anilines is 1. The first-order chi connectivity index (χ1) is 13.8. The van der Waals surface area contributed by atoms with E-state index in [0.29, 0.717) is 5.92 Å². The summed E-state index contributed by atoms with van der Waals surface area (Å²) in [4.78, 5) is 25.7. The Labute approximate surface area is 165 Å². The highest BCUT2D eigenvalue weighted by Crippen LogP contribution is 2.34. The molecule has 3 aromatic heterocycles. The number of aryl methyl sites for hydroxylation is 2. The maximum atomic E-state index is 4.99. The lowest BCUT2D eigenvalue weighted by Crippen LogP contribution is -2.35. The molecule has 142 valence electrons. The van der Waals surface area contributed by atoms with Crippen molar-refractivity contribution in [3.8, 4) is 11.4 Å². The smallest absolute Gasteiger partial charge is 0.163 e. The zero-order chi connectivity index (χ0) is 18.9. The molecule has 4 heterocycles. The minimum atomic E-state index is 0.434. The molecule has 1 aliphatic carbocycles. The van der Waals surface area contributed by atoms with Gasteiger partial charge in [0.1, 0.15) is 11.6 Å². The molecule has 0 N–H and O–H groups in total. The summed E-state index contributed by atoms with van der Waals surface area (Å²) in [6.45, 7) is 4.00. The van der Waals surface area contributed by atoms with Crippen LogP contribution >= 0.6 is 0 Å². The summed E-state index contributed by atoms with van der Waals surface area (Å²) >= 11 is 0. The first-order valence-corrected chi connectivity index (χ1v) is 10.1. The Morgan fingerprint density at radius 3 is 2.68 bits per heavy atom. The third kappa shape index (κ3) is 3.23. The zero-order valence-electron chi connectivity index (χ0n) is 16.2. The van der Waals surface area contributed by atoms with E-state index >= 15 is 0 Å². The van der Waals surface area contributed by atoms with Crippen molar-refractivity contribution in [1.82, 2.24) is 24.9 Å². The minimum absolute atomic E-state index is 0.434. The molecule has 6 nitrogen and oxygen atoms in total. The molecule has 1 fully saturated rings. The predicted octanol–water partition coefficient (Wildman–Crippen LogP) is 3.51. The third-order valence-electron chi connectivity index (χ3n) is 5.80. The van der Waals surface area contributed by atoms with Gasteiger partial charge >= 0.3 is 0 Å². The summed E-state index contributed by atoms with van der Waals surface area (Å²) < 4.78 is 0. The lowest BCUT2D eigenvalue weighted by Gasteiger charge is -2.33. The van der Waals surface area contributed by atoms with Crippen LogP contribution in [0.5, 0.6) is 0 Å². The Hall–Kier alpha value is -2.89. The summed E-state index contributed by atoms with van der Waals surface area (Å²) in [5.41, 5.74) is 4.59. The Bertz CT molecular complexity index is 980. The Kier molecular flexibility index (Phi) is 4.47. The van der Waals surface area contributed by atoms with E-state index < -0.39 is 0 Å². The highest BCUT2D eigenvalue weighted by atomic mass is 15.2. The van der Waals surface area contributed by atoms with Gasteiger partial charge in [-0.15, -0.1) is 0 Å². The summed E-state index contributed by atoms with van der Waals surface area (Å²) in [6.07, 6.45) is 10.9. The van der Waals surface area contributed by atoms with E-state index in [-0.39, 0.29) is 0 Å². The van der Waals surface area contributed by atoms with Crippen LogP contribution in [0.4, 0.5) is 5.82 Å². The highest BCUT2D eigenvalue weighted by molar-refractivity contribution is 5.61. The molecule has 28 heavy (non-hydrogen) atoms. The lowest BCUT2D eigenvalue weighted by molar-refractivity contribution is 0.481. The van der Waals surface area contributed by atoms with Gasteiger partial charge in [-0.05, 0) is 57.2 Å². The number of nitrogens with zero attached hydrogens (tertiary/aromatic N) is 6. The van der Waals surface area contributed by atoms with Gasteiger partial charge in [-0.3, -0.25) is 4.98 Å². The van der Waals surface area contributed by atoms with E-state index in [0.717, 1.165) is 67.5 Å². The van der Waals surface area contributed by atoms with E-state index in [1.807, 2.05) is 37.5 Å². The molecule has 0 radical (unpaired) electrons. The predicted molar refractivity (Wildman–Crippen MR) is 108 cm³/mol. The van der Waals surface area contributed by atoms with Gasteiger partial charge in [0.2, 0.25) is 0 Å². The lowest BCUT2D eigenvalue weighted by atomic mass is 9.95. The van der Waals surface area contributed by atoms with E-state index in [2.05, 4.69) is 19.9 Å². The van der Waals surface area contributed by atoms with Gasteiger partial charge in [-0.1, -0.05) is 0 Å². The van der Waals surface area contributed by atoms with Crippen molar-refractivity contribution in [1.29, 1.82) is 0 Å². The van der Waals surface area contributed by atoms with Gasteiger partial charge in [-0.25, -0.2) is 19.9 Å². The molecule has 0 bridgehead atoms. The van der Waals surface area contributed by atoms with Crippen LogP contribution in [0.15, 0.2) is 36.8 Å². The number of hydrogen-bond donors (Lipinski definition) is 0. The average Bonchev–Trinajstić information content (AvgIpc) is 3.23. The molecule has 0 amide bonds. The van der Waals surface area contributed by atoms with Crippen molar-refractivity contribution in [3.05, 3.63) is 59.6 Å². The molecule has 2 aliphatic rings. The number of hydrogen-bond acceptors (Lipinski definition) is 6. The first kappa shape index (κ1) is 17.2. The van der Waals surface area contributed by atoms with Crippen LogP contribution in [0, 0.1) is 6.92 Å². The molecule has 5 rings (SSSR count). The molecular weight excluding hydrogens is 348 g/mol. The molecule has 0 spiro atoms. The van der Waals surface area contributed by atoms with E-state index in [4.69, 9.17) is 9.97 Å². The van der Waals surface area contributed by atoms with Crippen molar-refractivity contribution < 1.29 is 0 Å². The molecular formula is C22H24N6. The largest absolute Gasteiger partial charge is 0.356 e. The zero-order valence-corrected chi connectivity index (χ0v) is 16.2. The van der Waals surface area contributed by atoms with Gasteiger partial charge in [0.15, 0.2) is 5.82 Å². The van der Waals surface area contributed by atoms with Crippen LogP contribution in [0.1, 0.15) is 48.0 Å². The van der Waals surface area contributed by atoms with Crippen LogP contribution in [0.25, 0.3) is 11.4 Å². The Balaban J connectivity index is 1.42. The quantitative estimate of drug-likeness (QED) is 0.701. The van der Waals surface area contributed by atoms with E-state index in [1.165, 1.54) is 17.7 Å². The highest BCUT2D eigenvalue weighted by Gasteiger charge is 2.28. The van der Waals surface area contributed by atoms with E-state index in [9.17, 15) is 0 Å². The van der Waals surface area contributed by atoms with Crippen LogP contribution < -0.4 is 4.90 Å². The molecule has 1 saturated heterocycles. The second-order valence-electron chi connectivity index (χ2n) is 7.71. The Morgan fingerprint density at radius 1 is 1.00 bits per heavy atom. The molecule has 3 aromatic rings.